The molecule has 0 spiro atoms. The van der Waals surface area contributed by atoms with Crippen LogP contribution in [0.4, 0.5) is 0 Å². The average Bonchev–Trinajstić information content (AvgIpc) is 2.86. The molecule has 0 radical (unpaired) electrons. The van der Waals surface area contributed by atoms with Crippen molar-refractivity contribution < 1.29 is 14.3 Å². The molecule has 0 saturated carbocycles. The molecule has 184 valence electrons. The van der Waals surface area contributed by atoms with Gasteiger partial charge in [0.1, 0.15) is 11.8 Å². The Morgan fingerprint density at radius 1 is 0.971 bits per heavy atom. The van der Waals surface area contributed by atoms with Crippen molar-refractivity contribution in [1.29, 1.82) is 0 Å². The third-order valence-electron chi connectivity index (χ3n) is 5.90. The Labute approximate surface area is 213 Å². The maximum Gasteiger partial charge on any atom is 0.261 e. The predicted molar refractivity (Wildman–Crippen MR) is 141 cm³/mol. The molecule has 0 saturated heterocycles. The Bertz CT molecular complexity index is 1120. The van der Waals surface area contributed by atoms with E-state index in [2.05, 4.69) is 5.32 Å². The topological polar surface area (TPSA) is 58.6 Å². The summed E-state index contributed by atoms with van der Waals surface area (Å²) in [5.74, 6) is -0.0321. The zero-order valence-electron chi connectivity index (χ0n) is 20.5. The molecule has 6 heteroatoms. The van der Waals surface area contributed by atoms with Crippen LogP contribution < -0.4 is 10.1 Å². The van der Waals surface area contributed by atoms with E-state index in [1.807, 2.05) is 75.4 Å². The number of carbonyl (C=O) groups excluding carboxylic acids is 2. The average molecular weight is 493 g/mol. The van der Waals surface area contributed by atoms with E-state index in [-0.39, 0.29) is 31.0 Å². The summed E-state index contributed by atoms with van der Waals surface area (Å²) in [6.07, 6.45) is 1.19. The van der Waals surface area contributed by atoms with Crippen LogP contribution in [0.1, 0.15) is 37.0 Å². The first-order chi connectivity index (χ1) is 16.9. The van der Waals surface area contributed by atoms with E-state index < -0.39 is 6.04 Å². The zero-order chi connectivity index (χ0) is 25.2. The van der Waals surface area contributed by atoms with Crippen LogP contribution in [0.2, 0.25) is 5.02 Å². The third kappa shape index (κ3) is 7.86. The van der Waals surface area contributed by atoms with E-state index in [0.29, 0.717) is 17.2 Å². The van der Waals surface area contributed by atoms with Gasteiger partial charge in [-0.3, -0.25) is 9.59 Å². The number of aryl methyl sites for hydroxylation is 1. The summed E-state index contributed by atoms with van der Waals surface area (Å²) in [5, 5.41) is 3.50. The minimum absolute atomic E-state index is 0.00364. The molecule has 0 bridgehead atoms. The van der Waals surface area contributed by atoms with Crippen molar-refractivity contribution in [3.63, 3.8) is 0 Å². The maximum atomic E-state index is 13.6. The van der Waals surface area contributed by atoms with Crippen LogP contribution in [0, 0.1) is 6.92 Å². The largest absolute Gasteiger partial charge is 0.482 e. The molecule has 0 heterocycles. The summed E-state index contributed by atoms with van der Waals surface area (Å²) in [4.78, 5) is 28.7. The molecule has 0 fully saturated rings. The standard InChI is InChI=1S/C29H33ClN2O3/c1-4-22(3)31-29(34)26(18-23-12-6-5-7-13-23)32(19-24-14-10-11-21(2)17-24)28(33)20-35-27-16-9-8-15-25(27)30/h5-17,22,26H,4,18-20H2,1-3H3,(H,31,34)/t22-,26+/m0/s1. The minimum atomic E-state index is -0.700. The van der Waals surface area contributed by atoms with Crippen molar-refractivity contribution in [2.45, 2.75) is 52.2 Å². The van der Waals surface area contributed by atoms with Crippen LogP contribution in [0.25, 0.3) is 0 Å². The highest BCUT2D eigenvalue weighted by Gasteiger charge is 2.31. The molecular weight excluding hydrogens is 460 g/mol. The van der Waals surface area contributed by atoms with E-state index in [1.165, 1.54) is 0 Å². The summed E-state index contributed by atoms with van der Waals surface area (Å²) < 4.78 is 5.77. The molecule has 0 aliphatic rings. The van der Waals surface area contributed by atoms with E-state index in [1.54, 1.807) is 29.2 Å². The summed E-state index contributed by atoms with van der Waals surface area (Å²) in [6.45, 7) is 6.05. The van der Waals surface area contributed by atoms with Gasteiger partial charge in [-0.1, -0.05) is 90.8 Å². The van der Waals surface area contributed by atoms with Crippen molar-refractivity contribution in [3.05, 3.63) is 101 Å². The van der Waals surface area contributed by atoms with Crippen molar-refractivity contribution in [2.24, 2.45) is 0 Å². The van der Waals surface area contributed by atoms with Crippen molar-refractivity contribution in [1.82, 2.24) is 10.2 Å². The lowest BCUT2D eigenvalue weighted by atomic mass is 10.0. The highest BCUT2D eigenvalue weighted by Crippen LogP contribution is 2.23. The molecule has 0 aliphatic carbocycles. The monoisotopic (exact) mass is 492 g/mol. The van der Waals surface area contributed by atoms with Gasteiger partial charge < -0.3 is 15.0 Å². The Morgan fingerprint density at radius 3 is 2.34 bits per heavy atom. The summed E-state index contributed by atoms with van der Waals surface area (Å²) in [5.41, 5.74) is 3.02. The Kier molecular flexibility index (Phi) is 9.74. The molecule has 35 heavy (non-hydrogen) atoms. The molecule has 3 aromatic carbocycles. The molecular formula is C29H33ClN2O3. The Balaban J connectivity index is 1.92. The van der Waals surface area contributed by atoms with Crippen LogP contribution in [-0.2, 0) is 22.6 Å². The van der Waals surface area contributed by atoms with E-state index in [4.69, 9.17) is 16.3 Å². The zero-order valence-corrected chi connectivity index (χ0v) is 21.3. The number of benzene rings is 3. The number of hydrogen-bond acceptors (Lipinski definition) is 3. The molecule has 2 atom stereocenters. The van der Waals surface area contributed by atoms with Gasteiger partial charge in [0, 0.05) is 19.0 Å². The van der Waals surface area contributed by atoms with Gasteiger partial charge >= 0.3 is 0 Å². The lowest BCUT2D eigenvalue weighted by Gasteiger charge is -2.32. The second-order valence-electron chi connectivity index (χ2n) is 8.75. The molecule has 0 unspecified atom stereocenters. The highest BCUT2D eigenvalue weighted by molar-refractivity contribution is 6.32. The lowest BCUT2D eigenvalue weighted by molar-refractivity contribution is -0.143. The van der Waals surface area contributed by atoms with Gasteiger partial charge in [-0.25, -0.2) is 0 Å². The number of carbonyl (C=O) groups is 2. The molecule has 3 aromatic rings. The summed E-state index contributed by atoms with van der Waals surface area (Å²) in [7, 11) is 0. The van der Waals surface area contributed by atoms with Gasteiger partial charge in [-0.05, 0) is 43.5 Å². The van der Waals surface area contributed by atoms with Gasteiger partial charge in [0.05, 0.1) is 5.02 Å². The first-order valence-corrected chi connectivity index (χ1v) is 12.3. The molecule has 0 aliphatic heterocycles. The van der Waals surface area contributed by atoms with E-state index >= 15 is 0 Å². The number of halogens is 1. The molecule has 0 aromatic heterocycles. The fraction of sp³-hybridized carbons (Fsp3) is 0.310. The van der Waals surface area contributed by atoms with Crippen LogP contribution >= 0.6 is 11.6 Å². The lowest BCUT2D eigenvalue weighted by Crippen LogP contribution is -2.53. The van der Waals surface area contributed by atoms with Gasteiger partial charge in [-0.2, -0.15) is 0 Å². The van der Waals surface area contributed by atoms with Crippen LogP contribution in [0.5, 0.6) is 5.75 Å². The van der Waals surface area contributed by atoms with E-state index in [0.717, 1.165) is 23.1 Å². The fourth-order valence-electron chi connectivity index (χ4n) is 3.79. The normalized spacial score (nSPS) is 12.5. The van der Waals surface area contributed by atoms with Gasteiger partial charge in [-0.15, -0.1) is 0 Å². The second-order valence-corrected chi connectivity index (χ2v) is 9.16. The predicted octanol–water partition coefficient (Wildman–Crippen LogP) is 5.58. The van der Waals surface area contributed by atoms with Gasteiger partial charge in [0.15, 0.2) is 6.61 Å². The number of nitrogens with one attached hydrogen (secondary N) is 1. The number of ether oxygens (including phenoxy) is 1. The van der Waals surface area contributed by atoms with Crippen molar-refractivity contribution in [2.75, 3.05) is 6.61 Å². The van der Waals surface area contributed by atoms with Gasteiger partial charge in [0.2, 0.25) is 5.91 Å². The number of amides is 2. The number of para-hydroxylation sites is 1. The third-order valence-corrected chi connectivity index (χ3v) is 6.21. The minimum Gasteiger partial charge on any atom is -0.482 e. The SMILES string of the molecule is CC[C@H](C)NC(=O)[C@@H](Cc1ccccc1)N(Cc1cccc(C)c1)C(=O)COc1ccccc1Cl. The molecule has 1 N–H and O–H groups in total. The maximum absolute atomic E-state index is 13.6. The molecule has 5 nitrogen and oxygen atoms in total. The first kappa shape index (κ1) is 26.3. The smallest absolute Gasteiger partial charge is 0.261 e. The summed E-state index contributed by atoms with van der Waals surface area (Å²) >= 11 is 6.21. The van der Waals surface area contributed by atoms with Crippen LogP contribution in [0.15, 0.2) is 78.9 Å². The van der Waals surface area contributed by atoms with Crippen molar-refractivity contribution in [3.8, 4) is 5.75 Å². The fourth-order valence-corrected chi connectivity index (χ4v) is 3.98. The van der Waals surface area contributed by atoms with Gasteiger partial charge in [0.25, 0.3) is 5.91 Å². The first-order valence-electron chi connectivity index (χ1n) is 11.9. The quantitative estimate of drug-likeness (QED) is 0.380. The molecule has 3 rings (SSSR count). The van der Waals surface area contributed by atoms with E-state index in [9.17, 15) is 9.59 Å². The Hall–Kier alpha value is -3.31. The number of hydrogen-bond donors (Lipinski definition) is 1. The highest BCUT2D eigenvalue weighted by atomic mass is 35.5. The Morgan fingerprint density at radius 2 is 1.66 bits per heavy atom. The summed E-state index contributed by atoms with van der Waals surface area (Å²) in [6, 6.07) is 24.0. The second kappa shape index (κ2) is 13.0. The van der Waals surface area contributed by atoms with Crippen LogP contribution in [-0.4, -0.2) is 35.4 Å². The van der Waals surface area contributed by atoms with Crippen molar-refractivity contribution >= 4 is 23.4 Å². The van der Waals surface area contributed by atoms with Crippen LogP contribution in [0.3, 0.4) is 0 Å². The number of nitrogens with zero attached hydrogens (tertiary/aromatic N) is 1. The number of rotatable bonds is 11. The molecule has 2 amide bonds.